The molecule has 0 spiro atoms. The fourth-order valence-electron chi connectivity index (χ4n) is 3.89. The van der Waals surface area contributed by atoms with E-state index in [1.54, 1.807) is 11.1 Å². The van der Waals surface area contributed by atoms with E-state index in [2.05, 4.69) is 31.2 Å². The van der Waals surface area contributed by atoms with Crippen molar-refractivity contribution in [2.45, 2.75) is 63.8 Å². The van der Waals surface area contributed by atoms with Gasteiger partial charge in [-0.2, -0.15) is 0 Å². The third-order valence-electron chi connectivity index (χ3n) is 5.39. The first kappa shape index (κ1) is 12.2. The maximum Gasteiger partial charge on any atom is 0.00988 e. The Labute approximate surface area is 111 Å². The molecule has 1 saturated carbocycles. The number of benzene rings is 1. The first-order valence-corrected chi connectivity index (χ1v) is 7.52. The molecular weight excluding hydrogens is 218 g/mol. The molecule has 2 unspecified atom stereocenters. The number of rotatable bonds is 3. The van der Waals surface area contributed by atoms with E-state index in [0.29, 0.717) is 11.5 Å². The summed E-state index contributed by atoms with van der Waals surface area (Å²) in [5.41, 5.74) is 10.1. The third-order valence-corrected chi connectivity index (χ3v) is 5.39. The van der Waals surface area contributed by atoms with Crippen molar-refractivity contribution < 1.29 is 0 Å². The highest BCUT2D eigenvalue weighted by atomic mass is 14.7. The molecule has 0 aliphatic heterocycles. The van der Waals surface area contributed by atoms with Gasteiger partial charge in [-0.05, 0) is 48.1 Å². The molecule has 1 nitrogen and oxygen atoms in total. The van der Waals surface area contributed by atoms with Gasteiger partial charge in [0.15, 0.2) is 0 Å². The molecule has 1 aromatic rings. The summed E-state index contributed by atoms with van der Waals surface area (Å²) >= 11 is 0. The molecule has 2 aliphatic rings. The van der Waals surface area contributed by atoms with Gasteiger partial charge >= 0.3 is 0 Å². The second kappa shape index (κ2) is 4.70. The van der Waals surface area contributed by atoms with Crippen LogP contribution in [0.25, 0.3) is 0 Å². The van der Waals surface area contributed by atoms with Crippen LogP contribution in [0.2, 0.25) is 0 Å². The maximum atomic E-state index is 6.55. The Kier molecular flexibility index (Phi) is 3.19. The maximum absolute atomic E-state index is 6.55. The van der Waals surface area contributed by atoms with Crippen molar-refractivity contribution in [1.29, 1.82) is 0 Å². The summed E-state index contributed by atoms with van der Waals surface area (Å²) in [5.74, 6) is 0.731. The number of nitrogens with two attached hydrogens (primary N) is 1. The van der Waals surface area contributed by atoms with Gasteiger partial charge in [-0.15, -0.1) is 0 Å². The van der Waals surface area contributed by atoms with Gasteiger partial charge in [-0.1, -0.05) is 50.5 Å². The van der Waals surface area contributed by atoms with E-state index in [-0.39, 0.29) is 0 Å². The summed E-state index contributed by atoms with van der Waals surface area (Å²) in [5, 5.41) is 0. The van der Waals surface area contributed by atoms with Crippen LogP contribution in [0.4, 0.5) is 0 Å². The van der Waals surface area contributed by atoms with E-state index in [4.69, 9.17) is 5.73 Å². The Hall–Kier alpha value is -0.820. The Morgan fingerprint density at radius 3 is 2.67 bits per heavy atom. The topological polar surface area (TPSA) is 26.0 Å². The van der Waals surface area contributed by atoms with Crippen LogP contribution >= 0.6 is 0 Å². The van der Waals surface area contributed by atoms with Gasteiger partial charge in [-0.25, -0.2) is 0 Å². The average Bonchev–Trinajstić information content (AvgIpc) is 2.36. The molecule has 1 heteroatoms. The largest absolute Gasteiger partial charge is 0.327 e. The van der Waals surface area contributed by atoms with E-state index in [1.165, 1.54) is 44.9 Å². The predicted molar refractivity (Wildman–Crippen MR) is 76.7 cm³/mol. The SMILES string of the molecule is CC1(C(N)CC2Cc3ccccc32)CCCCC1. The van der Waals surface area contributed by atoms with Crippen LogP contribution in [-0.4, -0.2) is 6.04 Å². The number of hydrogen-bond acceptors (Lipinski definition) is 1. The summed E-state index contributed by atoms with van der Waals surface area (Å²) in [6.45, 7) is 2.42. The fraction of sp³-hybridized carbons (Fsp3) is 0.647. The van der Waals surface area contributed by atoms with E-state index < -0.39 is 0 Å². The quantitative estimate of drug-likeness (QED) is 0.852. The highest BCUT2D eigenvalue weighted by Gasteiger charge is 2.36. The van der Waals surface area contributed by atoms with Crippen molar-refractivity contribution >= 4 is 0 Å². The molecule has 0 aromatic heterocycles. The lowest BCUT2D eigenvalue weighted by molar-refractivity contribution is 0.155. The zero-order valence-corrected chi connectivity index (χ0v) is 11.5. The van der Waals surface area contributed by atoms with E-state index >= 15 is 0 Å². The van der Waals surface area contributed by atoms with Crippen molar-refractivity contribution in [1.82, 2.24) is 0 Å². The van der Waals surface area contributed by atoms with Gasteiger partial charge in [0.1, 0.15) is 0 Å². The lowest BCUT2D eigenvalue weighted by atomic mass is 9.65. The molecule has 18 heavy (non-hydrogen) atoms. The first-order chi connectivity index (χ1) is 8.69. The molecule has 0 heterocycles. The van der Waals surface area contributed by atoms with Gasteiger partial charge in [0, 0.05) is 6.04 Å². The minimum atomic E-state index is 0.385. The molecule has 2 aliphatic carbocycles. The van der Waals surface area contributed by atoms with Gasteiger partial charge in [-0.3, -0.25) is 0 Å². The normalized spacial score (nSPS) is 27.1. The molecule has 0 saturated heterocycles. The van der Waals surface area contributed by atoms with Gasteiger partial charge < -0.3 is 5.73 Å². The lowest BCUT2D eigenvalue weighted by Crippen LogP contribution is -2.43. The van der Waals surface area contributed by atoms with Gasteiger partial charge in [0.05, 0.1) is 0 Å². The second-order valence-corrected chi connectivity index (χ2v) is 6.66. The minimum Gasteiger partial charge on any atom is -0.327 e. The zero-order valence-electron chi connectivity index (χ0n) is 11.5. The van der Waals surface area contributed by atoms with Crippen molar-refractivity contribution in [3.05, 3.63) is 35.4 Å². The summed E-state index contributed by atoms with van der Waals surface area (Å²) in [6.07, 6.45) is 9.28. The Balaban J connectivity index is 1.64. The van der Waals surface area contributed by atoms with Crippen LogP contribution in [0.1, 0.15) is 62.5 Å². The highest BCUT2D eigenvalue weighted by Crippen LogP contribution is 2.44. The van der Waals surface area contributed by atoms with Crippen molar-refractivity contribution in [3.8, 4) is 0 Å². The minimum absolute atomic E-state index is 0.385. The van der Waals surface area contributed by atoms with Crippen molar-refractivity contribution in [3.63, 3.8) is 0 Å². The fourth-order valence-corrected chi connectivity index (χ4v) is 3.89. The van der Waals surface area contributed by atoms with Crippen LogP contribution in [0, 0.1) is 5.41 Å². The second-order valence-electron chi connectivity index (χ2n) is 6.66. The van der Waals surface area contributed by atoms with Crippen LogP contribution in [0.15, 0.2) is 24.3 Å². The van der Waals surface area contributed by atoms with E-state index in [0.717, 1.165) is 5.92 Å². The molecule has 0 amide bonds. The van der Waals surface area contributed by atoms with E-state index in [1.807, 2.05) is 0 Å². The molecule has 1 aromatic carbocycles. The molecule has 2 N–H and O–H groups in total. The zero-order chi connectivity index (χ0) is 12.6. The molecular formula is C17H25N. The highest BCUT2D eigenvalue weighted by molar-refractivity contribution is 5.40. The first-order valence-electron chi connectivity index (χ1n) is 7.52. The van der Waals surface area contributed by atoms with Crippen LogP contribution in [0.5, 0.6) is 0 Å². The average molecular weight is 243 g/mol. The van der Waals surface area contributed by atoms with Crippen LogP contribution in [-0.2, 0) is 6.42 Å². The predicted octanol–water partition coefficient (Wildman–Crippen LogP) is 4.01. The Morgan fingerprint density at radius 2 is 1.94 bits per heavy atom. The summed E-state index contributed by atoms with van der Waals surface area (Å²) in [4.78, 5) is 0. The Morgan fingerprint density at radius 1 is 1.22 bits per heavy atom. The molecule has 1 fully saturated rings. The third kappa shape index (κ3) is 2.09. The smallest absolute Gasteiger partial charge is 0.00988 e. The summed E-state index contributed by atoms with van der Waals surface area (Å²) in [7, 11) is 0. The van der Waals surface area contributed by atoms with Crippen LogP contribution < -0.4 is 5.73 Å². The number of fused-ring (bicyclic) bond motifs is 1. The summed E-state index contributed by atoms with van der Waals surface area (Å²) in [6, 6.07) is 9.26. The van der Waals surface area contributed by atoms with Gasteiger partial charge in [0.25, 0.3) is 0 Å². The number of hydrogen-bond donors (Lipinski definition) is 1. The standard InChI is InChI=1S/C17H25N/c1-17(9-5-2-6-10-17)16(18)12-14-11-13-7-3-4-8-15(13)14/h3-4,7-8,14,16H,2,5-6,9-12,18H2,1H3. The molecule has 0 radical (unpaired) electrons. The molecule has 98 valence electrons. The molecule has 0 bridgehead atoms. The monoisotopic (exact) mass is 243 g/mol. The van der Waals surface area contributed by atoms with Crippen molar-refractivity contribution in [2.24, 2.45) is 11.1 Å². The summed E-state index contributed by atoms with van der Waals surface area (Å²) < 4.78 is 0. The molecule has 3 rings (SSSR count). The molecule has 2 atom stereocenters. The Bertz CT molecular complexity index is 417. The van der Waals surface area contributed by atoms with Crippen molar-refractivity contribution in [2.75, 3.05) is 0 Å². The van der Waals surface area contributed by atoms with Crippen LogP contribution in [0.3, 0.4) is 0 Å². The van der Waals surface area contributed by atoms with Gasteiger partial charge in [0.2, 0.25) is 0 Å². The lowest BCUT2D eigenvalue weighted by Gasteiger charge is -2.42. The van der Waals surface area contributed by atoms with E-state index in [9.17, 15) is 0 Å².